The van der Waals surface area contributed by atoms with E-state index in [9.17, 15) is 23.1 Å². The van der Waals surface area contributed by atoms with Crippen molar-refractivity contribution in [3.63, 3.8) is 0 Å². The van der Waals surface area contributed by atoms with Gasteiger partial charge in [-0.1, -0.05) is 42.3 Å². The number of carboxylic acids is 1. The fourth-order valence-electron chi connectivity index (χ4n) is 2.68. The quantitative estimate of drug-likeness (QED) is 0.808. The number of nitrogens with one attached hydrogen (secondary N) is 1. The highest BCUT2D eigenvalue weighted by atomic mass is 32.2. The molecule has 0 heterocycles. The van der Waals surface area contributed by atoms with Crippen LogP contribution in [0, 0.1) is 13.8 Å². The Bertz CT molecular complexity index is 930. The third-order valence-electron chi connectivity index (χ3n) is 3.94. The lowest BCUT2D eigenvalue weighted by molar-refractivity contribution is -0.139. The number of carboxylic acid groups (broad SMARTS) is 1. The molecule has 0 saturated heterocycles. The molecule has 0 spiro atoms. The van der Waals surface area contributed by atoms with Crippen LogP contribution in [-0.2, 0) is 14.6 Å². The minimum Gasteiger partial charge on any atom is -0.479 e. The number of hydrogen-bond acceptors (Lipinski definition) is 4. The number of aryl methyl sites for hydroxylation is 2. The smallest absolute Gasteiger partial charge is 0.330 e. The fourth-order valence-corrected chi connectivity index (χ4v) is 3.60. The Balaban J connectivity index is 2.34. The first-order valence-corrected chi connectivity index (χ1v) is 9.74. The average Bonchev–Trinajstić information content (AvgIpc) is 2.58. The summed E-state index contributed by atoms with van der Waals surface area (Å²) in [5, 5.41) is 12.0. The topological polar surface area (TPSA) is 101 Å². The van der Waals surface area contributed by atoms with E-state index in [0.29, 0.717) is 5.56 Å². The van der Waals surface area contributed by atoms with Crippen molar-refractivity contribution < 1.29 is 23.1 Å². The molecule has 0 bridgehead atoms. The summed E-state index contributed by atoms with van der Waals surface area (Å²) in [7, 11) is -3.46. The first kappa shape index (κ1) is 19.7. The largest absolute Gasteiger partial charge is 0.479 e. The van der Waals surface area contributed by atoms with Gasteiger partial charge in [-0.05, 0) is 37.6 Å². The van der Waals surface area contributed by atoms with Gasteiger partial charge in [0.25, 0.3) is 5.91 Å². The van der Waals surface area contributed by atoms with E-state index in [1.807, 2.05) is 19.9 Å². The molecule has 2 N–H and O–H groups in total. The number of carbonyl (C=O) groups is 2. The van der Waals surface area contributed by atoms with Gasteiger partial charge in [0.1, 0.15) is 0 Å². The molecule has 7 heteroatoms. The first-order chi connectivity index (χ1) is 12.1. The highest BCUT2D eigenvalue weighted by molar-refractivity contribution is 7.91. The van der Waals surface area contributed by atoms with Crippen LogP contribution in [0.25, 0.3) is 0 Å². The van der Waals surface area contributed by atoms with Gasteiger partial charge in [-0.25, -0.2) is 13.2 Å². The van der Waals surface area contributed by atoms with E-state index in [1.54, 1.807) is 12.1 Å². The SMILES string of the molecule is CCS(=O)(=O)c1cccc(C(=O)NC(C(=O)O)c2cc(C)cc(C)c2)c1. The summed E-state index contributed by atoms with van der Waals surface area (Å²) in [4.78, 5) is 24.2. The number of benzene rings is 2. The van der Waals surface area contributed by atoms with E-state index < -0.39 is 27.8 Å². The van der Waals surface area contributed by atoms with Crippen molar-refractivity contribution in [3.05, 3.63) is 64.7 Å². The Morgan fingerprint density at radius 1 is 1.08 bits per heavy atom. The Morgan fingerprint density at radius 2 is 1.69 bits per heavy atom. The van der Waals surface area contributed by atoms with Gasteiger partial charge in [0.2, 0.25) is 0 Å². The standard InChI is InChI=1S/C19H21NO5S/c1-4-26(24,25)16-7-5-6-14(11-16)18(21)20-17(19(22)23)15-9-12(2)8-13(3)10-15/h5-11,17H,4H2,1-3H3,(H,20,21)(H,22,23). The molecule has 2 aromatic rings. The lowest BCUT2D eigenvalue weighted by Crippen LogP contribution is -2.34. The van der Waals surface area contributed by atoms with Crippen LogP contribution in [0.2, 0.25) is 0 Å². The number of hydrogen-bond donors (Lipinski definition) is 2. The van der Waals surface area contributed by atoms with Crippen molar-refractivity contribution in [2.45, 2.75) is 31.7 Å². The third kappa shape index (κ3) is 4.49. The summed E-state index contributed by atoms with van der Waals surface area (Å²) in [6.07, 6.45) is 0. The maximum atomic E-state index is 12.5. The van der Waals surface area contributed by atoms with Crippen LogP contribution >= 0.6 is 0 Å². The molecule has 0 aliphatic rings. The minimum absolute atomic E-state index is 0.0333. The third-order valence-corrected chi connectivity index (χ3v) is 5.67. The zero-order valence-corrected chi connectivity index (χ0v) is 15.6. The fraction of sp³-hybridized carbons (Fsp3) is 0.263. The Morgan fingerprint density at radius 3 is 2.23 bits per heavy atom. The second-order valence-electron chi connectivity index (χ2n) is 6.10. The van der Waals surface area contributed by atoms with Gasteiger partial charge in [-0.3, -0.25) is 4.79 Å². The first-order valence-electron chi connectivity index (χ1n) is 8.08. The van der Waals surface area contributed by atoms with Crippen molar-refractivity contribution in [1.29, 1.82) is 0 Å². The van der Waals surface area contributed by atoms with Gasteiger partial charge in [0.15, 0.2) is 15.9 Å². The molecular formula is C19H21NO5S. The van der Waals surface area contributed by atoms with Crippen molar-refractivity contribution >= 4 is 21.7 Å². The lowest BCUT2D eigenvalue weighted by Gasteiger charge is -2.16. The number of rotatable bonds is 6. The number of carbonyl (C=O) groups excluding carboxylic acids is 1. The molecule has 1 unspecified atom stereocenters. The molecule has 0 radical (unpaired) electrons. The van der Waals surface area contributed by atoms with Crippen LogP contribution in [0.1, 0.15) is 40.0 Å². The van der Waals surface area contributed by atoms with Crippen LogP contribution in [0.4, 0.5) is 0 Å². The summed E-state index contributed by atoms with van der Waals surface area (Å²) >= 11 is 0. The van der Waals surface area contributed by atoms with Gasteiger partial charge < -0.3 is 10.4 Å². The van der Waals surface area contributed by atoms with Crippen LogP contribution in [0.15, 0.2) is 47.4 Å². The number of aliphatic carboxylic acids is 1. The Labute approximate surface area is 152 Å². The number of sulfone groups is 1. The van der Waals surface area contributed by atoms with Gasteiger partial charge in [-0.15, -0.1) is 0 Å². The van der Waals surface area contributed by atoms with Crippen molar-refractivity contribution in [3.8, 4) is 0 Å². The summed E-state index contributed by atoms with van der Waals surface area (Å²) < 4.78 is 24.0. The van der Waals surface area contributed by atoms with Gasteiger partial charge >= 0.3 is 5.97 Å². The van der Waals surface area contributed by atoms with E-state index in [4.69, 9.17) is 0 Å². The van der Waals surface area contributed by atoms with E-state index in [0.717, 1.165) is 11.1 Å². The molecule has 26 heavy (non-hydrogen) atoms. The molecular weight excluding hydrogens is 354 g/mol. The van der Waals surface area contributed by atoms with Crippen LogP contribution in [-0.4, -0.2) is 31.2 Å². The normalized spacial score (nSPS) is 12.4. The molecule has 0 aromatic heterocycles. The lowest BCUT2D eigenvalue weighted by atomic mass is 10.0. The molecule has 0 fully saturated rings. The van der Waals surface area contributed by atoms with Crippen LogP contribution in [0.3, 0.4) is 0 Å². The molecule has 1 atom stereocenters. The second-order valence-corrected chi connectivity index (χ2v) is 8.38. The predicted octanol–water partition coefficient (Wildman–Crippen LogP) is 2.65. The molecule has 2 rings (SSSR count). The van der Waals surface area contributed by atoms with E-state index >= 15 is 0 Å². The van der Waals surface area contributed by atoms with E-state index in [2.05, 4.69) is 5.32 Å². The van der Waals surface area contributed by atoms with Crippen molar-refractivity contribution in [1.82, 2.24) is 5.32 Å². The van der Waals surface area contributed by atoms with Crippen LogP contribution < -0.4 is 5.32 Å². The second kappa shape index (κ2) is 7.70. The summed E-state index contributed by atoms with van der Waals surface area (Å²) in [6, 6.07) is 9.65. The summed E-state index contributed by atoms with van der Waals surface area (Å²) in [6.45, 7) is 5.20. The molecule has 0 saturated carbocycles. The van der Waals surface area contributed by atoms with E-state index in [-0.39, 0.29) is 16.2 Å². The molecule has 0 aliphatic heterocycles. The predicted molar refractivity (Wildman–Crippen MR) is 97.9 cm³/mol. The zero-order valence-electron chi connectivity index (χ0n) is 14.8. The number of amides is 1. The summed E-state index contributed by atoms with van der Waals surface area (Å²) in [5.41, 5.74) is 2.32. The molecule has 6 nitrogen and oxygen atoms in total. The maximum absolute atomic E-state index is 12.5. The Kier molecular flexibility index (Phi) is 5.82. The van der Waals surface area contributed by atoms with Crippen molar-refractivity contribution in [2.75, 3.05) is 5.75 Å². The molecule has 1 amide bonds. The minimum atomic E-state index is -3.46. The monoisotopic (exact) mass is 375 g/mol. The molecule has 2 aromatic carbocycles. The average molecular weight is 375 g/mol. The van der Waals surface area contributed by atoms with Gasteiger partial charge in [0.05, 0.1) is 10.6 Å². The maximum Gasteiger partial charge on any atom is 0.330 e. The van der Waals surface area contributed by atoms with Crippen molar-refractivity contribution in [2.24, 2.45) is 0 Å². The molecule has 138 valence electrons. The highest BCUT2D eigenvalue weighted by Gasteiger charge is 2.24. The zero-order chi connectivity index (χ0) is 19.5. The van der Waals surface area contributed by atoms with Crippen LogP contribution in [0.5, 0.6) is 0 Å². The Hall–Kier alpha value is -2.67. The van der Waals surface area contributed by atoms with Gasteiger partial charge in [-0.2, -0.15) is 0 Å². The summed E-state index contributed by atoms with van der Waals surface area (Å²) in [5.74, 6) is -1.93. The highest BCUT2D eigenvalue weighted by Crippen LogP contribution is 2.19. The molecule has 0 aliphatic carbocycles. The van der Waals surface area contributed by atoms with Gasteiger partial charge in [0, 0.05) is 5.56 Å². The van der Waals surface area contributed by atoms with E-state index in [1.165, 1.54) is 31.2 Å².